The van der Waals surface area contributed by atoms with Crippen molar-refractivity contribution in [3.63, 3.8) is 0 Å². The second-order valence-electron chi connectivity index (χ2n) is 4.35. The van der Waals surface area contributed by atoms with Crippen LogP contribution in [0.5, 0.6) is 0 Å². The molecule has 2 unspecified atom stereocenters. The molecule has 0 aromatic heterocycles. The van der Waals surface area contributed by atoms with E-state index in [1.54, 1.807) is 0 Å². The fourth-order valence-electron chi connectivity index (χ4n) is 1.88. The maximum absolute atomic E-state index is 6.05. The van der Waals surface area contributed by atoms with Crippen LogP contribution in [-0.4, -0.2) is 6.04 Å². The molecule has 0 radical (unpaired) electrons. The molecule has 0 amide bonds. The molecule has 2 atom stereocenters. The lowest BCUT2D eigenvalue weighted by atomic mass is 9.91. The Balaban J connectivity index is 2.70. The maximum Gasteiger partial charge on any atom is 0.0103 e. The fourth-order valence-corrected chi connectivity index (χ4v) is 1.88. The predicted molar refractivity (Wildman–Crippen MR) is 67.1 cm³/mol. The molecule has 0 saturated heterocycles. The van der Waals surface area contributed by atoms with Gasteiger partial charge in [-0.25, -0.2) is 0 Å². The van der Waals surface area contributed by atoms with Crippen LogP contribution in [0.1, 0.15) is 50.7 Å². The lowest BCUT2D eigenvalue weighted by Crippen LogP contribution is -2.25. The third kappa shape index (κ3) is 3.35. The molecular formula is C14H23N. The minimum Gasteiger partial charge on any atom is -0.327 e. The largest absolute Gasteiger partial charge is 0.327 e. The van der Waals surface area contributed by atoms with Crippen molar-refractivity contribution in [3.05, 3.63) is 35.4 Å². The Morgan fingerprint density at radius 1 is 1.13 bits per heavy atom. The van der Waals surface area contributed by atoms with Crippen molar-refractivity contribution in [3.8, 4) is 0 Å². The van der Waals surface area contributed by atoms with Crippen LogP contribution >= 0.6 is 0 Å². The average molecular weight is 205 g/mol. The highest BCUT2D eigenvalue weighted by Gasteiger charge is 2.12. The first-order chi connectivity index (χ1) is 7.19. The van der Waals surface area contributed by atoms with E-state index in [0.29, 0.717) is 5.92 Å². The summed E-state index contributed by atoms with van der Waals surface area (Å²) < 4.78 is 0. The summed E-state index contributed by atoms with van der Waals surface area (Å²) in [7, 11) is 0. The molecule has 15 heavy (non-hydrogen) atoms. The molecule has 0 heterocycles. The normalized spacial score (nSPS) is 14.9. The lowest BCUT2D eigenvalue weighted by Gasteiger charge is -2.18. The van der Waals surface area contributed by atoms with Crippen LogP contribution in [-0.2, 0) is 6.42 Å². The summed E-state index contributed by atoms with van der Waals surface area (Å²) in [6, 6.07) is 9.20. The van der Waals surface area contributed by atoms with Gasteiger partial charge in [-0.1, -0.05) is 51.5 Å². The molecule has 1 rings (SSSR count). The highest BCUT2D eigenvalue weighted by molar-refractivity contribution is 5.26. The van der Waals surface area contributed by atoms with E-state index in [2.05, 4.69) is 45.0 Å². The van der Waals surface area contributed by atoms with Crippen LogP contribution in [0.4, 0.5) is 0 Å². The highest BCUT2D eigenvalue weighted by Crippen LogP contribution is 2.20. The minimum atomic E-state index is 0.280. The number of benzene rings is 1. The smallest absolute Gasteiger partial charge is 0.0103 e. The summed E-state index contributed by atoms with van der Waals surface area (Å²) in [4.78, 5) is 0. The van der Waals surface area contributed by atoms with E-state index >= 15 is 0 Å². The van der Waals surface area contributed by atoms with Crippen molar-refractivity contribution in [1.29, 1.82) is 0 Å². The van der Waals surface area contributed by atoms with E-state index < -0.39 is 0 Å². The quantitative estimate of drug-likeness (QED) is 0.782. The van der Waals surface area contributed by atoms with E-state index in [9.17, 15) is 0 Å². The Hall–Kier alpha value is -0.820. The van der Waals surface area contributed by atoms with Crippen molar-refractivity contribution in [2.45, 2.75) is 52.0 Å². The van der Waals surface area contributed by atoms with E-state index in [4.69, 9.17) is 5.73 Å². The zero-order valence-electron chi connectivity index (χ0n) is 10.2. The second-order valence-corrected chi connectivity index (χ2v) is 4.35. The van der Waals surface area contributed by atoms with Crippen LogP contribution in [0.25, 0.3) is 0 Å². The SMILES string of the molecule is CCCc1ccc(C(C)C(N)CC)cc1. The van der Waals surface area contributed by atoms with Gasteiger partial charge in [0.15, 0.2) is 0 Å². The Kier molecular flexibility index (Phi) is 4.83. The first kappa shape index (κ1) is 12.3. The Bertz CT molecular complexity index is 276. The minimum absolute atomic E-state index is 0.280. The van der Waals surface area contributed by atoms with Gasteiger partial charge in [-0.2, -0.15) is 0 Å². The fraction of sp³-hybridized carbons (Fsp3) is 0.571. The van der Waals surface area contributed by atoms with Crippen molar-refractivity contribution in [2.24, 2.45) is 5.73 Å². The van der Waals surface area contributed by atoms with E-state index in [1.807, 2.05) is 0 Å². The Labute approximate surface area is 93.7 Å². The van der Waals surface area contributed by atoms with E-state index in [-0.39, 0.29) is 6.04 Å². The molecule has 0 spiro atoms. The first-order valence-electron chi connectivity index (χ1n) is 6.03. The van der Waals surface area contributed by atoms with Gasteiger partial charge in [-0.05, 0) is 29.9 Å². The van der Waals surface area contributed by atoms with Crippen LogP contribution in [0.3, 0.4) is 0 Å². The Morgan fingerprint density at radius 3 is 2.20 bits per heavy atom. The maximum atomic E-state index is 6.05. The first-order valence-corrected chi connectivity index (χ1v) is 6.03. The summed E-state index contributed by atoms with van der Waals surface area (Å²) in [6.45, 7) is 6.57. The van der Waals surface area contributed by atoms with Crippen molar-refractivity contribution in [2.75, 3.05) is 0 Å². The van der Waals surface area contributed by atoms with Gasteiger partial charge in [0.1, 0.15) is 0 Å². The van der Waals surface area contributed by atoms with E-state index in [1.165, 1.54) is 24.0 Å². The van der Waals surface area contributed by atoms with Crippen molar-refractivity contribution in [1.82, 2.24) is 0 Å². The molecule has 0 fully saturated rings. The summed E-state index contributed by atoms with van der Waals surface area (Å²) >= 11 is 0. The molecule has 1 heteroatoms. The molecule has 0 saturated carbocycles. The lowest BCUT2D eigenvalue weighted by molar-refractivity contribution is 0.551. The Morgan fingerprint density at radius 2 is 1.73 bits per heavy atom. The molecule has 0 aliphatic carbocycles. The third-order valence-corrected chi connectivity index (χ3v) is 3.16. The second kappa shape index (κ2) is 5.92. The number of aryl methyl sites for hydroxylation is 1. The van der Waals surface area contributed by atoms with Crippen molar-refractivity contribution < 1.29 is 0 Å². The zero-order valence-corrected chi connectivity index (χ0v) is 10.2. The summed E-state index contributed by atoms with van der Waals surface area (Å²) in [5.74, 6) is 0.464. The number of hydrogen-bond acceptors (Lipinski definition) is 1. The van der Waals surface area contributed by atoms with Crippen LogP contribution in [0.2, 0.25) is 0 Å². The van der Waals surface area contributed by atoms with Crippen molar-refractivity contribution >= 4 is 0 Å². The molecule has 0 bridgehead atoms. The van der Waals surface area contributed by atoms with Gasteiger partial charge in [-0.15, -0.1) is 0 Å². The molecule has 84 valence electrons. The number of nitrogens with two attached hydrogens (primary N) is 1. The topological polar surface area (TPSA) is 26.0 Å². The van der Waals surface area contributed by atoms with Crippen LogP contribution in [0, 0.1) is 0 Å². The summed E-state index contributed by atoms with van der Waals surface area (Å²) in [6.07, 6.45) is 3.43. The van der Waals surface area contributed by atoms with Gasteiger partial charge in [0, 0.05) is 6.04 Å². The highest BCUT2D eigenvalue weighted by atomic mass is 14.6. The van der Waals surface area contributed by atoms with Gasteiger partial charge in [0.25, 0.3) is 0 Å². The zero-order chi connectivity index (χ0) is 11.3. The molecule has 1 nitrogen and oxygen atoms in total. The summed E-state index contributed by atoms with van der Waals surface area (Å²) in [5, 5.41) is 0. The molecule has 1 aromatic rings. The van der Waals surface area contributed by atoms with Gasteiger partial charge >= 0.3 is 0 Å². The molecule has 2 N–H and O–H groups in total. The molecular weight excluding hydrogens is 182 g/mol. The molecule has 1 aromatic carbocycles. The number of hydrogen-bond donors (Lipinski definition) is 1. The van der Waals surface area contributed by atoms with Crippen LogP contribution in [0.15, 0.2) is 24.3 Å². The summed E-state index contributed by atoms with van der Waals surface area (Å²) in [5.41, 5.74) is 8.84. The predicted octanol–water partition coefficient (Wildman–Crippen LogP) is 3.48. The van der Waals surface area contributed by atoms with Gasteiger partial charge in [-0.3, -0.25) is 0 Å². The van der Waals surface area contributed by atoms with Gasteiger partial charge < -0.3 is 5.73 Å². The monoisotopic (exact) mass is 205 g/mol. The molecule has 0 aliphatic rings. The number of rotatable bonds is 5. The van der Waals surface area contributed by atoms with Gasteiger partial charge in [0.05, 0.1) is 0 Å². The van der Waals surface area contributed by atoms with Crippen LogP contribution < -0.4 is 5.73 Å². The molecule has 0 aliphatic heterocycles. The average Bonchev–Trinajstić information content (AvgIpc) is 2.28. The standard InChI is InChI=1S/C14H23N/c1-4-6-12-7-9-13(10-8-12)11(3)14(15)5-2/h7-11,14H,4-6,15H2,1-3H3. The third-order valence-electron chi connectivity index (χ3n) is 3.16. The van der Waals surface area contributed by atoms with Gasteiger partial charge in [0.2, 0.25) is 0 Å². The van der Waals surface area contributed by atoms with E-state index in [0.717, 1.165) is 6.42 Å².